The molecule has 0 bridgehead atoms. The smallest absolute Gasteiger partial charge is 0.336 e. The fourth-order valence-electron chi connectivity index (χ4n) is 2.15. The Labute approximate surface area is 160 Å². The van der Waals surface area contributed by atoms with E-state index >= 15 is 0 Å². The third-order valence-corrected chi connectivity index (χ3v) is 5.51. The zero-order chi connectivity index (χ0) is 22.2. The molecule has 0 unspecified atom stereocenters. The number of carbonyl (C=O) groups is 1. The number of halogens is 6. The van der Waals surface area contributed by atoms with Crippen molar-refractivity contribution in [3.8, 4) is 0 Å². The number of hydrogen-bond donors (Lipinski definition) is 0. The lowest BCUT2D eigenvalue weighted by molar-refractivity contribution is -0.138. The van der Waals surface area contributed by atoms with Gasteiger partial charge in [-0.1, -0.05) is 6.92 Å². The summed E-state index contributed by atoms with van der Waals surface area (Å²) in [4.78, 5) is 18.1. The zero-order valence-corrected chi connectivity index (χ0v) is 15.7. The maximum Gasteiger partial charge on any atom is 0.417 e. The average molecular weight is 441 g/mol. The molecule has 0 aliphatic heterocycles. The van der Waals surface area contributed by atoms with Crippen LogP contribution in [0.4, 0.5) is 26.3 Å². The highest BCUT2D eigenvalue weighted by Crippen LogP contribution is 2.31. The first-order valence-electron chi connectivity index (χ1n) is 7.79. The Morgan fingerprint density at radius 1 is 1.10 bits per heavy atom. The summed E-state index contributed by atoms with van der Waals surface area (Å²) in [5.74, 6) is -2.03. The van der Waals surface area contributed by atoms with Gasteiger partial charge in [0.2, 0.25) is 0 Å². The number of alkyl halides is 6. The van der Waals surface area contributed by atoms with Crippen LogP contribution in [-0.2, 0) is 29.2 Å². The maximum atomic E-state index is 12.9. The minimum Gasteiger partial charge on any atom is -0.336 e. The molecule has 0 aliphatic rings. The molecule has 2 rings (SSSR count). The van der Waals surface area contributed by atoms with Gasteiger partial charge in [-0.05, 0) is 18.2 Å². The van der Waals surface area contributed by atoms with Gasteiger partial charge in [0.15, 0.2) is 9.84 Å². The van der Waals surface area contributed by atoms with E-state index in [-0.39, 0.29) is 12.3 Å². The van der Waals surface area contributed by atoms with Gasteiger partial charge in [-0.15, -0.1) is 0 Å². The molecule has 0 aromatic carbocycles. The molecule has 2 aromatic heterocycles. The second-order valence-corrected chi connectivity index (χ2v) is 8.02. The Hall–Kier alpha value is -2.70. The standard InChI is InChI=1S/C16H13F6N3O3S/c1-3-29(27,28)11-6-10(16(20,21)22)8-23-13(11)14(26)24-12-7-9(15(17,18)19)4-5-25(12)2/h4-8H,3H2,1-2H3/b24-12+. The van der Waals surface area contributed by atoms with Gasteiger partial charge >= 0.3 is 12.4 Å². The normalized spacial score (nSPS) is 13.6. The van der Waals surface area contributed by atoms with Crippen LogP contribution in [0, 0.1) is 0 Å². The first-order chi connectivity index (χ1) is 13.2. The van der Waals surface area contributed by atoms with Gasteiger partial charge in [0.25, 0.3) is 5.91 Å². The minimum atomic E-state index is -4.92. The Morgan fingerprint density at radius 2 is 1.69 bits per heavy atom. The van der Waals surface area contributed by atoms with E-state index in [4.69, 9.17) is 0 Å². The van der Waals surface area contributed by atoms with Gasteiger partial charge < -0.3 is 4.57 Å². The summed E-state index contributed by atoms with van der Waals surface area (Å²) < 4.78 is 103. The Bertz CT molecular complexity index is 1120. The highest BCUT2D eigenvalue weighted by molar-refractivity contribution is 7.91. The van der Waals surface area contributed by atoms with E-state index in [1.54, 1.807) is 0 Å². The second-order valence-electron chi connectivity index (χ2n) is 5.77. The molecule has 6 nitrogen and oxygen atoms in total. The van der Waals surface area contributed by atoms with E-state index in [9.17, 15) is 39.6 Å². The summed E-state index contributed by atoms with van der Waals surface area (Å²) in [6.07, 6.45) is -8.43. The fourth-order valence-corrected chi connectivity index (χ4v) is 3.21. The van der Waals surface area contributed by atoms with Gasteiger partial charge in [0, 0.05) is 19.4 Å². The van der Waals surface area contributed by atoms with E-state index in [0.717, 1.165) is 23.8 Å². The predicted octanol–water partition coefficient (Wildman–Crippen LogP) is 2.99. The van der Waals surface area contributed by atoms with Gasteiger partial charge in [0.05, 0.1) is 21.8 Å². The summed E-state index contributed by atoms with van der Waals surface area (Å²) in [7, 11) is -3.05. The molecule has 1 amide bonds. The second kappa shape index (κ2) is 7.61. The molecule has 158 valence electrons. The van der Waals surface area contributed by atoms with E-state index in [2.05, 4.69) is 9.98 Å². The van der Waals surface area contributed by atoms with Crippen LogP contribution in [0.15, 0.2) is 40.5 Å². The molecule has 0 radical (unpaired) electrons. The highest BCUT2D eigenvalue weighted by atomic mass is 32.2. The molecule has 0 saturated heterocycles. The van der Waals surface area contributed by atoms with Crippen LogP contribution in [-0.4, -0.2) is 29.6 Å². The number of carbonyl (C=O) groups excluding carboxylic acids is 1. The minimum absolute atomic E-state index is 0.251. The number of aryl methyl sites for hydroxylation is 1. The quantitative estimate of drug-likeness (QED) is 0.686. The van der Waals surface area contributed by atoms with Crippen LogP contribution >= 0.6 is 0 Å². The van der Waals surface area contributed by atoms with Crippen molar-refractivity contribution in [3.05, 3.63) is 52.9 Å². The molecule has 13 heteroatoms. The molecule has 2 aromatic rings. The molecule has 0 aliphatic carbocycles. The highest BCUT2D eigenvalue weighted by Gasteiger charge is 2.34. The van der Waals surface area contributed by atoms with E-state index in [0.29, 0.717) is 6.07 Å². The Morgan fingerprint density at radius 3 is 2.21 bits per heavy atom. The first-order valence-corrected chi connectivity index (χ1v) is 9.45. The van der Waals surface area contributed by atoms with E-state index in [1.165, 1.54) is 7.05 Å². The number of rotatable bonds is 3. The lowest BCUT2D eigenvalue weighted by Gasteiger charge is -2.11. The number of sulfone groups is 1. The number of aromatic nitrogens is 2. The third-order valence-electron chi connectivity index (χ3n) is 3.76. The average Bonchev–Trinajstić information content (AvgIpc) is 2.61. The maximum absolute atomic E-state index is 12.9. The van der Waals surface area contributed by atoms with Crippen LogP contribution in [0.3, 0.4) is 0 Å². The molecular weight excluding hydrogens is 428 g/mol. The predicted molar refractivity (Wildman–Crippen MR) is 87.3 cm³/mol. The molecule has 29 heavy (non-hydrogen) atoms. The van der Waals surface area contributed by atoms with Crippen LogP contribution in [0.2, 0.25) is 0 Å². The summed E-state index contributed by atoms with van der Waals surface area (Å²) in [5, 5.41) is 0. The zero-order valence-electron chi connectivity index (χ0n) is 14.8. The molecule has 0 saturated carbocycles. The third kappa shape index (κ3) is 5.02. The van der Waals surface area contributed by atoms with E-state index < -0.39 is 61.1 Å². The molecule has 0 spiro atoms. The van der Waals surface area contributed by atoms with Crippen LogP contribution in [0.5, 0.6) is 0 Å². The van der Waals surface area contributed by atoms with Crippen molar-refractivity contribution in [1.82, 2.24) is 9.55 Å². The van der Waals surface area contributed by atoms with Crippen LogP contribution < -0.4 is 5.49 Å². The van der Waals surface area contributed by atoms with Crippen LogP contribution in [0.1, 0.15) is 28.5 Å². The first kappa shape index (κ1) is 22.6. The molecular formula is C16H13F6N3O3S. The lowest BCUT2D eigenvalue weighted by atomic mass is 10.2. The van der Waals surface area contributed by atoms with Crippen molar-refractivity contribution in [2.75, 3.05) is 5.75 Å². The molecule has 2 heterocycles. The van der Waals surface area contributed by atoms with Gasteiger partial charge in [-0.2, -0.15) is 31.3 Å². The van der Waals surface area contributed by atoms with Gasteiger partial charge in [-0.25, -0.2) is 13.4 Å². The number of amides is 1. The SMILES string of the molecule is CCS(=O)(=O)c1cc(C(F)(F)F)cnc1C(=O)/N=c1\cc(C(F)(F)F)ccn1C. The lowest BCUT2D eigenvalue weighted by Crippen LogP contribution is -2.23. The molecule has 0 atom stereocenters. The van der Waals surface area contributed by atoms with Crippen molar-refractivity contribution in [2.45, 2.75) is 24.2 Å². The van der Waals surface area contributed by atoms with Crippen molar-refractivity contribution in [2.24, 2.45) is 12.0 Å². The van der Waals surface area contributed by atoms with Crippen molar-refractivity contribution < 1.29 is 39.6 Å². The largest absolute Gasteiger partial charge is 0.417 e. The van der Waals surface area contributed by atoms with Crippen molar-refractivity contribution in [1.29, 1.82) is 0 Å². The molecule has 0 fully saturated rings. The Balaban J connectivity index is 2.70. The van der Waals surface area contributed by atoms with Crippen molar-refractivity contribution in [3.63, 3.8) is 0 Å². The van der Waals surface area contributed by atoms with Crippen molar-refractivity contribution >= 4 is 15.7 Å². The molecule has 0 N–H and O–H groups in total. The van der Waals surface area contributed by atoms with E-state index in [1.807, 2.05) is 0 Å². The number of pyridine rings is 2. The number of hydrogen-bond acceptors (Lipinski definition) is 4. The topological polar surface area (TPSA) is 81.4 Å². The van der Waals surface area contributed by atoms with Gasteiger partial charge in [0.1, 0.15) is 11.2 Å². The summed E-state index contributed by atoms with van der Waals surface area (Å²) in [6.45, 7) is 1.15. The summed E-state index contributed by atoms with van der Waals surface area (Å²) in [6, 6.07) is 1.52. The monoisotopic (exact) mass is 441 g/mol. The van der Waals surface area contributed by atoms with Crippen LogP contribution in [0.25, 0.3) is 0 Å². The number of nitrogens with zero attached hydrogens (tertiary/aromatic N) is 3. The summed E-state index contributed by atoms with van der Waals surface area (Å²) >= 11 is 0. The fraction of sp³-hybridized carbons (Fsp3) is 0.312. The Kier molecular flexibility index (Phi) is 5.93. The summed E-state index contributed by atoms with van der Waals surface area (Å²) in [5.41, 5.74) is -3.93. The van der Waals surface area contributed by atoms with Gasteiger partial charge in [-0.3, -0.25) is 4.79 Å².